The molecule has 2 rings (SSSR count). The fourth-order valence-corrected chi connectivity index (χ4v) is 3.17. The van der Waals surface area contributed by atoms with Crippen LogP contribution in [0.2, 0.25) is 5.02 Å². The van der Waals surface area contributed by atoms with Gasteiger partial charge < -0.3 is 5.32 Å². The van der Waals surface area contributed by atoms with Crippen LogP contribution in [0, 0.1) is 5.92 Å². The Morgan fingerprint density at radius 2 is 2.00 bits per heavy atom. The van der Waals surface area contributed by atoms with Crippen LogP contribution in [-0.2, 0) is 0 Å². The summed E-state index contributed by atoms with van der Waals surface area (Å²) in [6.45, 7) is 0.700. The molecule has 0 unspecified atom stereocenters. The zero-order chi connectivity index (χ0) is 13.8. The predicted octanol–water partition coefficient (Wildman–Crippen LogP) is 4.63. The van der Waals surface area contributed by atoms with Gasteiger partial charge in [-0.1, -0.05) is 17.7 Å². The van der Waals surface area contributed by atoms with Crippen LogP contribution < -0.4 is 5.32 Å². The molecule has 1 aromatic rings. The van der Waals surface area contributed by atoms with Crippen molar-refractivity contribution in [2.24, 2.45) is 5.92 Å². The Balaban J connectivity index is 1.89. The lowest BCUT2D eigenvalue weighted by atomic mass is 9.89. The normalized spacial score (nSPS) is 23.1. The van der Waals surface area contributed by atoms with Crippen molar-refractivity contribution in [2.75, 3.05) is 6.54 Å². The average molecular weight is 365 g/mol. The number of carbonyl (C=O) groups excluding carboxylic acids is 1. The summed E-state index contributed by atoms with van der Waals surface area (Å²) in [7, 11) is 0. The topological polar surface area (TPSA) is 29.1 Å². The molecule has 1 N–H and O–H groups in total. The molecule has 0 atom stereocenters. The van der Waals surface area contributed by atoms with E-state index in [2.05, 4.69) is 21.2 Å². The van der Waals surface area contributed by atoms with Gasteiger partial charge in [-0.3, -0.25) is 4.79 Å². The monoisotopic (exact) mass is 363 g/mol. The van der Waals surface area contributed by atoms with E-state index >= 15 is 0 Å². The van der Waals surface area contributed by atoms with Gasteiger partial charge >= 0.3 is 0 Å². The summed E-state index contributed by atoms with van der Waals surface area (Å²) in [5.74, 6) is 0.421. The number of amides is 1. The molecule has 0 spiro atoms. The second-order valence-electron chi connectivity index (χ2n) is 4.93. The van der Waals surface area contributed by atoms with E-state index in [4.69, 9.17) is 23.2 Å². The first-order chi connectivity index (χ1) is 9.08. The number of hydrogen-bond donors (Lipinski definition) is 1. The van der Waals surface area contributed by atoms with Crippen molar-refractivity contribution in [1.82, 2.24) is 5.32 Å². The van der Waals surface area contributed by atoms with E-state index in [0.29, 0.717) is 28.4 Å². The van der Waals surface area contributed by atoms with E-state index < -0.39 is 0 Å². The number of benzene rings is 1. The minimum atomic E-state index is -0.112. The molecule has 0 saturated heterocycles. The van der Waals surface area contributed by atoms with Gasteiger partial charge in [-0.25, -0.2) is 0 Å². The summed E-state index contributed by atoms with van der Waals surface area (Å²) in [6.07, 6.45) is 4.25. The zero-order valence-corrected chi connectivity index (χ0v) is 13.6. The van der Waals surface area contributed by atoms with Crippen LogP contribution in [0.3, 0.4) is 0 Å². The molecule has 1 fully saturated rings. The second-order valence-corrected chi connectivity index (χ2v) is 6.78. The first kappa shape index (κ1) is 15.1. The summed E-state index contributed by atoms with van der Waals surface area (Å²) < 4.78 is 0.740. The lowest BCUT2D eigenvalue weighted by Crippen LogP contribution is -2.31. The molecular formula is C14H16BrCl2NO. The van der Waals surface area contributed by atoms with Crippen molar-refractivity contribution >= 4 is 45.0 Å². The van der Waals surface area contributed by atoms with Gasteiger partial charge in [0.25, 0.3) is 5.91 Å². The second kappa shape index (κ2) is 6.96. The Labute approximate surface area is 132 Å². The molecule has 19 heavy (non-hydrogen) atoms. The molecule has 1 saturated carbocycles. The number of rotatable bonds is 3. The van der Waals surface area contributed by atoms with E-state index in [0.717, 1.165) is 30.2 Å². The minimum absolute atomic E-state index is 0.112. The predicted molar refractivity (Wildman–Crippen MR) is 83.1 cm³/mol. The van der Waals surface area contributed by atoms with Crippen molar-refractivity contribution in [1.29, 1.82) is 0 Å². The maximum Gasteiger partial charge on any atom is 0.252 e. The smallest absolute Gasteiger partial charge is 0.252 e. The van der Waals surface area contributed by atoms with Gasteiger partial charge in [0.05, 0.1) is 10.6 Å². The van der Waals surface area contributed by atoms with Crippen LogP contribution in [0.5, 0.6) is 0 Å². The Bertz CT molecular complexity index is 459. The SMILES string of the molecule is O=C(NCC1CCC(Cl)CC1)c1cccc(Br)c1Cl. The first-order valence-electron chi connectivity index (χ1n) is 6.44. The Morgan fingerprint density at radius 1 is 1.32 bits per heavy atom. The van der Waals surface area contributed by atoms with Gasteiger partial charge in [0, 0.05) is 16.4 Å². The number of alkyl halides is 1. The van der Waals surface area contributed by atoms with Crippen LogP contribution in [0.25, 0.3) is 0 Å². The van der Waals surface area contributed by atoms with E-state index in [1.807, 2.05) is 12.1 Å². The van der Waals surface area contributed by atoms with Crippen LogP contribution in [0.1, 0.15) is 36.0 Å². The maximum absolute atomic E-state index is 12.1. The zero-order valence-electron chi connectivity index (χ0n) is 10.5. The largest absolute Gasteiger partial charge is 0.352 e. The van der Waals surface area contributed by atoms with Crippen LogP contribution in [0.15, 0.2) is 22.7 Å². The highest BCUT2D eigenvalue weighted by Gasteiger charge is 2.20. The highest BCUT2D eigenvalue weighted by molar-refractivity contribution is 9.10. The first-order valence-corrected chi connectivity index (χ1v) is 8.05. The van der Waals surface area contributed by atoms with E-state index in [1.54, 1.807) is 6.07 Å². The number of carbonyl (C=O) groups is 1. The van der Waals surface area contributed by atoms with Gasteiger partial charge in [0.2, 0.25) is 0 Å². The van der Waals surface area contributed by atoms with Gasteiger partial charge in [-0.15, -0.1) is 11.6 Å². The van der Waals surface area contributed by atoms with Crippen molar-refractivity contribution < 1.29 is 4.79 Å². The van der Waals surface area contributed by atoms with E-state index in [1.165, 1.54) is 0 Å². The molecule has 0 heterocycles. The van der Waals surface area contributed by atoms with E-state index in [9.17, 15) is 4.79 Å². The summed E-state index contributed by atoms with van der Waals surface area (Å²) >= 11 is 15.5. The van der Waals surface area contributed by atoms with Crippen LogP contribution in [0.4, 0.5) is 0 Å². The third kappa shape index (κ3) is 4.11. The number of nitrogens with one attached hydrogen (secondary N) is 1. The molecular weight excluding hydrogens is 349 g/mol. The van der Waals surface area contributed by atoms with Crippen molar-refractivity contribution in [3.63, 3.8) is 0 Å². The Hall–Kier alpha value is -0.250. The molecule has 1 aliphatic rings. The van der Waals surface area contributed by atoms with Gasteiger partial charge in [-0.05, 0) is 59.7 Å². The molecule has 1 amide bonds. The van der Waals surface area contributed by atoms with Crippen LogP contribution >= 0.6 is 39.1 Å². The highest BCUT2D eigenvalue weighted by Crippen LogP contribution is 2.28. The summed E-state index contributed by atoms with van der Waals surface area (Å²) in [5.41, 5.74) is 0.516. The summed E-state index contributed by atoms with van der Waals surface area (Å²) in [6, 6.07) is 5.36. The van der Waals surface area contributed by atoms with Gasteiger partial charge in [0.15, 0.2) is 0 Å². The summed E-state index contributed by atoms with van der Waals surface area (Å²) in [4.78, 5) is 12.1. The quantitative estimate of drug-likeness (QED) is 0.778. The standard InChI is InChI=1S/C14H16BrCl2NO/c15-12-3-1-2-11(13(12)17)14(19)18-8-9-4-6-10(16)7-5-9/h1-3,9-10H,4-8H2,(H,18,19). The summed E-state index contributed by atoms with van der Waals surface area (Å²) in [5, 5.41) is 3.74. The average Bonchev–Trinajstić information content (AvgIpc) is 2.41. The molecule has 2 nitrogen and oxygen atoms in total. The molecule has 1 aliphatic carbocycles. The fraction of sp³-hybridized carbons (Fsp3) is 0.500. The Kier molecular flexibility index (Phi) is 5.55. The molecule has 0 aromatic heterocycles. The fourth-order valence-electron chi connectivity index (χ4n) is 2.34. The van der Waals surface area contributed by atoms with Gasteiger partial charge in [-0.2, -0.15) is 0 Å². The molecule has 1 aromatic carbocycles. The third-order valence-electron chi connectivity index (χ3n) is 3.52. The molecule has 0 bridgehead atoms. The maximum atomic E-state index is 12.1. The van der Waals surface area contributed by atoms with Crippen molar-refractivity contribution in [3.8, 4) is 0 Å². The lowest BCUT2D eigenvalue weighted by Gasteiger charge is -2.25. The molecule has 5 heteroatoms. The van der Waals surface area contributed by atoms with E-state index in [-0.39, 0.29) is 5.91 Å². The number of halogens is 3. The van der Waals surface area contributed by atoms with Crippen LogP contribution in [-0.4, -0.2) is 17.8 Å². The minimum Gasteiger partial charge on any atom is -0.352 e. The van der Waals surface area contributed by atoms with Crippen molar-refractivity contribution in [3.05, 3.63) is 33.3 Å². The van der Waals surface area contributed by atoms with Gasteiger partial charge in [0.1, 0.15) is 0 Å². The lowest BCUT2D eigenvalue weighted by molar-refractivity contribution is 0.0944. The Morgan fingerprint density at radius 3 is 2.68 bits per heavy atom. The molecule has 104 valence electrons. The third-order valence-corrected chi connectivity index (χ3v) is 5.26. The molecule has 0 radical (unpaired) electrons. The molecule has 0 aliphatic heterocycles. The van der Waals surface area contributed by atoms with Crippen molar-refractivity contribution in [2.45, 2.75) is 31.1 Å². The number of hydrogen-bond acceptors (Lipinski definition) is 1. The highest BCUT2D eigenvalue weighted by atomic mass is 79.9.